The van der Waals surface area contributed by atoms with Crippen LogP contribution < -0.4 is 10.1 Å². The molecule has 0 aromatic heterocycles. The average Bonchev–Trinajstić information content (AvgIpc) is 2.37. The molecule has 6 nitrogen and oxygen atoms in total. The Kier molecular flexibility index (Phi) is 5.73. The first kappa shape index (κ1) is 17.7. The van der Waals surface area contributed by atoms with Crippen molar-refractivity contribution in [3.63, 3.8) is 0 Å². The third-order valence-corrected chi connectivity index (χ3v) is 2.44. The SMILES string of the molecule is CCOC(=O)c1c(NC(=O)OC(C)(C)C)ccc(OC)c1F. The lowest BCUT2D eigenvalue weighted by Crippen LogP contribution is -2.28. The fourth-order valence-electron chi connectivity index (χ4n) is 1.64. The van der Waals surface area contributed by atoms with Crippen molar-refractivity contribution in [3.05, 3.63) is 23.5 Å². The van der Waals surface area contributed by atoms with Gasteiger partial charge in [-0.05, 0) is 39.8 Å². The maximum Gasteiger partial charge on any atom is 0.412 e. The fourth-order valence-corrected chi connectivity index (χ4v) is 1.64. The first-order valence-corrected chi connectivity index (χ1v) is 6.73. The number of rotatable bonds is 4. The van der Waals surface area contributed by atoms with Crippen LogP contribution in [0.3, 0.4) is 0 Å². The van der Waals surface area contributed by atoms with E-state index in [0.29, 0.717) is 0 Å². The summed E-state index contributed by atoms with van der Waals surface area (Å²) < 4.78 is 29.0. The second kappa shape index (κ2) is 7.11. The zero-order chi connectivity index (χ0) is 16.9. The van der Waals surface area contributed by atoms with Crippen molar-refractivity contribution < 1.29 is 28.2 Å². The molecule has 1 aromatic rings. The number of nitrogens with one attached hydrogen (secondary N) is 1. The Labute approximate surface area is 128 Å². The number of anilines is 1. The van der Waals surface area contributed by atoms with Gasteiger partial charge < -0.3 is 14.2 Å². The number of esters is 1. The summed E-state index contributed by atoms with van der Waals surface area (Å²) in [6, 6.07) is 2.64. The number of methoxy groups -OCH3 is 1. The van der Waals surface area contributed by atoms with Crippen molar-refractivity contribution in [2.45, 2.75) is 33.3 Å². The van der Waals surface area contributed by atoms with Crippen molar-refractivity contribution >= 4 is 17.7 Å². The van der Waals surface area contributed by atoms with E-state index in [9.17, 15) is 14.0 Å². The van der Waals surface area contributed by atoms with E-state index in [1.54, 1.807) is 27.7 Å². The van der Waals surface area contributed by atoms with Crippen molar-refractivity contribution in [3.8, 4) is 5.75 Å². The number of halogens is 1. The normalized spacial score (nSPS) is 10.8. The Bertz CT molecular complexity index is 566. The highest BCUT2D eigenvalue weighted by molar-refractivity contribution is 6.00. The third-order valence-electron chi connectivity index (χ3n) is 2.44. The van der Waals surface area contributed by atoms with Crippen LogP contribution in [-0.4, -0.2) is 31.4 Å². The van der Waals surface area contributed by atoms with Gasteiger partial charge in [-0.15, -0.1) is 0 Å². The maximum absolute atomic E-state index is 14.3. The number of ether oxygens (including phenoxy) is 3. The molecule has 0 saturated heterocycles. The largest absolute Gasteiger partial charge is 0.494 e. The quantitative estimate of drug-likeness (QED) is 0.863. The Morgan fingerprint density at radius 2 is 1.91 bits per heavy atom. The minimum atomic E-state index is -0.908. The maximum atomic E-state index is 14.3. The highest BCUT2D eigenvalue weighted by Gasteiger charge is 2.24. The molecule has 0 unspecified atom stereocenters. The molecule has 0 fully saturated rings. The molecule has 0 heterocycles. The van der Waals surface area contributed by atoms with Gasteiger partial charge in [-0.3, -0.25) is 5.32 Å². The van der Waals surface area contributed by atoms with E-state index in [-0.39, 0.29) is 18.0 Å². The zero-order valence-electron chi connectivity index (χ0n) is 13.3. The van der Waals surface area contributed by atoms with Crippen molar-refractivity contribution in [2.75, 3.05) is 19.0 Å². The van der Waals surface area contributed by atoms with E-state index >= 15 is 0 Å². The molecule has 0 radical (unpaired) electrons. The predicted octanol–water partition coefficient (Wildman–Crippen LogP) is 3.36. The lowest BCUT2D eigenvalue weighted by Gasteiger charge is -2.20. The van der Waals surface area contributed by atoms with Crippen molar-refractivity contribution in [1.82, 2.24) is 0 Å². The molecule has 22 heavy (non-hydrogen) atoms. The average molecular weight is 313 g/mol. The smallest absolute Gasteiger partial charge is 0.412 e. The van der Waals surface area contributed by atoms with Crippen LogP contribution in [0.25, 0.3) is 0 Å². The van der Waals surface area contributed by atoms with Gasteiger partial charge in [-0.2, -0.15) is 0 Å². The Hall–Kier alpha value is -2.31. The van der Waals surface area contributed by atoms with Gasteiger partial charge in [0.1, 0.15) is 11.2 Å². The van der Waals surface area contributed by atoms with Gasteiger partial charge in [-0.1, -0.05) is 0 Å². The van der Waals surface area contributed by atoms with Crippen LogP contribution >= 0.6 is 0 Å². The van der Waals surface area contributed by atoms with Crippen LogP contribution in [0.15, 0.2) is 12.1 Å². The lowest BCUT2D eigenvalue weighted by molar-refractivity contribution is 0.0521. The summed E-state index contributed by atoms with van der Waals surface area (Å²) in [6.07, 6.45) is -0.803. The summed E-state index contributed by atoms with van der Waals surface area (Å²) in [5.41, 5.74) is -1.18. The molecule has 0 atom stereocenters. The first-order chi connectivity index (χ1) is 10.2. The number of carbonyl (C=O) groups is 2. The van der Waals surface area contributed by atoms with Crippen molar-refractivity contribution in [1.29, 1.82) is 0 Å². The van der Waals surface area contributed by atoms with Gasteiger partial charge in [0.05, 0.1) is 19.4 Å². The molecule has 0 spiro atoms. The minimum absolute atomic E-state index is 0.0500. The molecule has 0 saturated carbocycles. The van der Waals surface area contributed by atoms with Crippen LogP contribution in [0.4, 0.5) is 14.9 Å². The summed E-state index contributed by atoms with van der Waals surface area (Å²) in [5, 5.41) is 2.34. The van der Waals surface area contributed by atoms with Gasteiger partial charge in [-0.25, -0.2) is 14.0 Å². The van der Waals surface area contributed by atoms with Gasteiger partial charge in [0, 0.05) is 0 Å². The first-order valence-electron chi connectivity index (χ1n) is 6.73. The molecular formula is C15H20FNO5. The van der Waals surface area contributed by atoms with Crippen LogP contribution in [-0.2, 0) is 9.47 Å². The highest BCUT2D eigenvalue weighted by atomic mass is 19.1. The van der Waals surface area contributed by atoms with E-state index in [0.717, 1.165) is 0 Å². The molecule has 1 amide bonds. The van der Waals surface area contributed by atoms with E-state index in [4.69, 9.17) is 14.2 Å². The number of benzene rings is 1. The number of hydrogen-bond acceptors (Lipinski definition) is 5. The molecule has 0 aliphatic heterocycles. The van der Waals surface area contributed by atoms with Gasteiger partial charge >= 0.3 is 12.1 Å². The van der Waals surface area contributed by atoms with E-state index in [1.165, 1.54) is 19.2 Å². The lowest BCUT2D eigenvalue weighted by atomic mass is 10.1. The second-order valence-electron chi connectivity index (χ2n) is 5.35. The zero-order valence-corrected chi connectivity index (χ0v) is 13.3. The van der Waals surface area contributed by atoms with Crippen molar-refractivity contribution in [2.24, 2.45) is 0 Å². The molecule has 122 valence electrons. The monoisotopic (exact) mass is 313 g/mol. The van der Waals surface area contributed by atoms with E-state index in [2.05, 4.69) is 5.32 Å². The summed E-state index contributed by atoms with van der Waals surface area (Å²) in [4.78, 5) is 23.7. The van der Waals surface area contributed by atoms with Crippen LogP contribution in [0.2, 0.25) is 0 Å². The number of hydrogen-bond donors (Lipinski definition) is 1. The van der Waals surface area contributed by atoms with E-state index < -0.39 is 29.0 Å². The van der Waals surface area contributed by atoms with Crippen LogP contribution in [0.5, 0.6) is 5.75 Å². The molecule has 0 aliphatic carbocycles. The van der Waals surface area contributed by atoms with E-state index in [1.807, 2.05) is 0 Å². The molecular weight excluding hydrogens is 293 g/mol. The summed E-state index contributed by atoms with van der Waals surface area (Å²) in [7, 11) is 1.27. The Morgan fingerprint density at radius 1 is 1.27 bits per heavy atom. The van der Waals surface area contributed by atoms with Crippen LogP contribution in [0, 0.1) is 5.82 Å². The standard InChI is InChI=1S/C15H20FNO5/c1-6-21-13(18)11-9(7-8-10(20-5)12(11)16)17-14(19)22-15(2,3)4/h7-8H,6H2,1-5H3,(H,17,19). The second-order valence-corrected chi connectivity index (χ2v) is 5.35. The highest BCUT2D eigenvalue weighted by Crippen LogP contribution is 2.28. The Balaban J connectivity index is 3.16. The molecule has 1 N–H and O–H groups in total. The summed E-state index contributed by atoms with van der Waals surface area (Å²) in [5.74, 6) is -1.93. The van der Waals surface area contributed by atoms with Gasteiger partial charge in [0.2, 0.25) is 0 Å². The number of amides is 1. The molecule has 0 aliphatic rings. The predicted molar refractivity (Wildman–Crippen MR) is 78.8 cm³/mol. The summed E-state index contributed by atoms with van der Waals surface area (Å²) >= 11 is 0. The molecule has 0 bridgehead atoms. The molecule has 1 aromatic carbocycles. The van der Waals surface area contributed by atoms with Crippen LogP contribution in [0.1, 0.15) is 38.1 Å². The third kappa shape index (κ3) is 4.61. The molecule has 7 heteroatoms. The number of carbonyl (C=O) groups excluding carboxylic acids is 2. The van der Waals surface area contributed by atoms with Gasteiger partial charge in [0.15, 0.2) is 11.6 Å². The van der Waals surface area contributed by atoms with Gasteiger partial charge in [0.25, 0.3) is 0 Å². The minimum Gasteiger partial charge on any atom is -0.494 e. The topological polar surface area (TPSA) is 73.9 Å². The molecule has 1 rings (SSSR count). The Morgan fingerprint density at radius 3 is 2.41 bits per heavy atom. The summed E-state index contributed by atoms with van der Waals surface area (Å²) in [6.45, 7) is 6.73. The fraction of sp³-hybridized carbons (Fsp3) is 0.467.